The van der Waals surface area contributed by atoms with E-state index >= 15 is 0 Å². The third-order valence-corrected chi connectivity index (χ3v) is 3.72. The number of nitrogens with one attached hydrogen (secondary N) is 1. The summed E-state index contributed by atoms with van der Waals surface area (Å²) in [4.78, 5) is 6.80. The molecule has 2 heterocycles. The van der Waals surface area contributed by atoms with Gasteiger partial charge in [-0.25, -0.2) is 0 Å². The van der Waals surface area contributed by atoms with Gasteiger partial charge in [-0.15, -0.1) is 0 Å². The molecular formula is C13H24N4O. The number of nitrogens with zero attached hydrogens (tertiary/aromatic N) is 3. The topological polar surface area (TPSA) is 54.2 Å². The van der Waals surface area contributed by atoms with E-state index in [0.29, 0.717) is 23.9 Å². The Bertz CT molecular complexity index is 377. The summed E-state index contributed by atoms with van der Waals surface area (Å²) in [6, 6.07) is 1.12. The van der Waals surface area contributed by atoms with Gasteiger partial charge in [0.1, 0.15) is 0 Å². The molecule has 2 rings (SSSR count). The maximum atomic E-state index is 5.05. The molecule has 102 valence electrons. The Kier molecular flexibility index (Phi) is 4.35. The molecule has 2 atom stereocenters. The van der Waals surface area contributed by atoms with E-state index in [0.717, 1.165) is 31.9 Å². The molecule has 1 N–H and O–H groups in total. The van der Waals surface area contributed by atoms with Gasteiger partial charge in [0.05, 0.1) is 6.54 Å². The molecule has 0 aromatic carbocycles. The van der Waals surface area contributed by atoms with Crippen LogP contribution < -0.4 is 5.32 Å². The molecule has 1 fully saturated rings. The quantitative estimate of drug-likeness (QED) is 0.882. The van der Waals surface area contributed by atoms with E-state index in [9.17, 15) is 0 Å². The monoisotopic (exact) mass is 252 g/mol. The van der Waals surface area contributed by atoms with Gasteiger partial charge in [-0.05, 0) is 12.3 Å². The van der Waals surface area contributed by atoms with Gasteiger partial charge in [0.2, 0.25) is 5.89 Å². The van der Waals surface area contributed by atoms with E-state index in [2.05, 4.69) is 41.1 Å². The smallest absolute Gasteiger partial charge is 0.223 e. The lowest BCUT2D eigenvalue weighted by molar-refractivity contribution is 0.0866. The Labute approximate surface area is 109 Å². The van der Waals surface area contributed by atoms with Crippen LogP contribution in [0.1, 0.15) is 38.9 Å². The molecule has 1 aromatic rings. The predicted octanol–water partition coefficient (Wildman–Crippen LogP) is 1.59. The maximum absolute atomic E-state index is 5.05. The highest BCUT2D eigenvalue weighted by molar-refractivity contribution is 4.92. The molecule has 0 bridgehead atoms. The molecule has 0 saturated carbocycles. The number of rotatable bonds is 4. The van der Waals surface area contributed by atoms with Crippen molar-refractivity contribution in [3.05, 3.63) is 11.7 Å². The number of hydrogen-bond acceptors (Lipinski definition) is 5. The van der Waals surface area contributed by atoms with Crippen molar-refractivity contribution in [3.63, 3.8) is 0 Å². The van der Waals surface area contributed by atoms with Crippen molar-refractivity contribution < 1.29 is 4.52 Å². The zero-order valence-corrected chi connectivity index (χ0v) is 11.8. The second kappa shape index (κ2) is 5.80. The van der Waals surface area contributed by atoms with E-state index in [-0.39, 0.29) is 0 Å². The molecule has 1 aliphatic heterocycles. The Morgan fingerprint density at radius 3 is 2.83 bits per heavy atom. The second-order valence-corrected chi connectivity index (χ2v) is 5.48. The summed E-state index contributed by atoms with van der Waals surface area (Å²) in [5.74, 6) is 2.08. The SMILES string of the molecule is CCC1CN(Cc2noc(C)n2)C(C(C)C)CN1. The average Bonchev–Trinajstić information content (AvgIpc) is 2.74. The third kappa shape index (κ3) is 3.09. The van der Waals surface area contributed by atoms with Crippen molar-refractivity contribution in [2.24, 2.45) is 5.92 Å². The van der Waals surface area contributed by atoms with Crippen molar-refractivity contribution in [2.75, 3.05) is 13.1 Å². The lowest BCUT2D eigenvalue weighted by atomic mass is 9.97. The second-order valence-electron chi connectivity index (χ2n) is 5.48. The fourth-order valence-corrected chi connectivity index (χ4v) is 2.60. The first-order valence-electron chi connectivity index (χ1n) is 6.86. The van der Waals surface area contributed by atoms with Crippen LogP contribution in [0.2, 0.25) is 0 Å². The first-order chi connectivity index (χ1) is 8.60. The fourth-order valence-electron chi connectivity index (χ4n) is 2.60. The lowest BCUT2D eigenvalue weighted by Gasteiger charge is -2.41. The van der Waals surface area contributed by atoms with Crippen molar-refractivity contribution in [1.29, 1.82) is 0 Å². The molecule has 0 radical (unpaired) electrons. The highest BCUT2D eigenvalue weighted by Crippen LogP contribution is 2.18. The van der Waals surface area contributed by atoms with E-state index in [4.69, 9.17) is 4.52 Å². The molecule has 2 unspecified atom stereocenters. The van der Waals surface area contributed by atoms with Gasteiger partial charge in [0.15, 0.2) is 5.82 Å². The molecule has 18 heavy (non-hydrogen) atoms. The minimum Gasteiger partial charge on any atom is -0.340 e. The largest absolute Gasteiger partial charge is 0.340 e. The van der Waals surface area contributed by atoms with Gasteiger partial charge < -0.3 is 9.84 Å². The summed E-state index contributed by atoms with van der Waals surface area (Å²) >= 11 is 0. The summed E-state index contributed by atoms with van der Waals surface area (Å²) in [7, 11) is 0. The first-order valence-corrected chi connectivity index (χ1v) is 6.86. The van der Waals surface area contributed by atoms with Gasteiger partial charge >= 0.3 is 0 Å². The van der Waals surface area contributed by atoms with Crippen molar-refractivity contribution in [1.82, 2.24) is 20.4 Å². The molecular weight excluding hydrogens is 228 g/mol. The molecule has 1 saturated heterocycles. The highest BCUT2D eigenvalue weighted by Gasteiger charge is 2.29. The Balaban J connectivity index is 2.04. The number of aromatic nitrogens is 2. The zero-order chi connectivity index (χ0) is 13.1. The summed E-state index contributed by atoms with van der Waals surface area (Å²) in [5, 5.41) is 7.62. The van der Waals surface area contributed by atoms with Gasteiger partial charge in [0.25, 0.3) is 0 Å². The van der Waals surface area contributed by atoms with E-state index in [1.54, 1.807) is 0 Å². The number of piperazine rings is 1. The molecule has 0 aliphatic carbocycles. The predicted molar refractivity (Wildman–Crippen MR) is 70.2 cm³/mol. The van der Waals surface area contributed by atoms with E-state index in [1.165, 1.54) is 0 Å². The van der Waals surface area contributed by atoms with Crippen LogP contribution in [0.5, 0.6) is 0 Å². The lowest BCUT2D eigenvalue weighted by Crippen LogP contribution is -2.57. The standard InChI is InChI=1S/C13H24N4O/c1-5-11-7-17(12(6-14-11)9(2)3)8-13-15-10(4)18-16-13/h9,11-12,14H,5-8H2,1-4H3. The van der Waals surface area contributed by atoms with Gasteiger partial charge in [-0.3, -0.25) is 4.90 Å². The maximum Gasteiger partial charge on any atom is 0.223 e. The number of aryl methyl sites for hydroxylation is 1. The van der Waals surface area contributed by atoms with Crippen LogP contribution in [-0.2, 0) is 6.54 Å². The zero-order valence-electron chi connectivity index (χ0n) is 11.8. The van der Waals surface area contributed by atoms with Crippen LogP contribution in [0, 0.1) is 12.8 Å². The molecule has 0 spiro atoms. The molecule has 5 nitrogen and oxygen atoms in total. The van der Waals surface area contributed by atoms with E-state index < -0.39 is 0 Å². The minimum absolute atomic E-state index is 0.548. The Hall–Kier alpha value is -0.940. The van der Waals surface area contributed by atoms with E-state index in [1.807, 2.05) is 6.92 Å². The van der Waals surface area contributed by atoms with Gasteiger partial charge in [0, 0.05) is 32.1 Å². The van der Waals surface area contributed by atoms with Crippen molar-refractivity contribution in [2.45, 2.75) is 52.7 Å². The number of hydrogen-bond donors (Lipinski definition) is 1. The van der Waals surface area contributed by atoms with Crippen LogP contribution in [0.4, 0.5) is 0 Å². The first kappa shape index (κ1) is 13.5. The van der Waals surface area contributed by atoms with Crippen LogP contribution in [0.15, 0.2) is 4.52 Å². The Morgan fingerprint density at radius 2 is 2.28 bits per heavy atom. The van der Waals surface area contributed by atoms with Crippen LogP contribution in [0.3, 0.4) is 0 Å². The van der Waals surface area contributed by atoms with Gasteiger partial charge in [-0.2, -0.15) is 4.98 Å². The summed E-state index contributed by atoms with van der Waals surface area (Å²) in [5.41, 5.74) is 0. The summed E-state index contributed by atoms with van der Waals surface area (Å²) < 4.78 is 5.05. The van der Waals surface area contributed by atoms with Crippen LogP contribution in [0.25, 0.3) is 0 Å². The Morgan fingerprint density at radius 1 is 1.50 bits per heavy atom. The molecule has 5 heteroatoms. The summed E-state index contributed by atoms with van der Waals surface area (Å²) in [6.45, 7) is 11.5. The fraction of sp³-hybridized carbons (Fsp3) is 0.846. The van der Waals surface area contributed by atoms with Crippen molar-refractivity contribution in [3.8, 4) is 0 Å². The molecule has 1 aliphatic rings. The average molecular weight is 252 g/mol. The highest BCUT2D eigenvalue weighted by atomic mass is 16.5. The van der Waals surface area contributed by atoms with Crippen molar-refractivity contribution >= 4 is 0 Å². The molecule has 0 amide bonds. The normalized spacial score (nSPS) is 25.8. The minimum atomic E-state index is 0.548. The third-order valence-electron chi connectivity index (χ3n) is 3.72. The summed E-state index contributed by atoms with van der Waals surface area (Å²) in [6.07, 6.45) is 1.16. The molecule has 1 aromatic heterocycles. The van der Waals surface area contributed by atoms with Crippen LogP contribution in [-0.4, -0.2) is 40.2 Å². The van der Waals surface area contributed by atoms with Gasteiger partial charge in [-0.1, -0.05) is 25.9 Å². The van der Waals surface area contributed by atoms with Crippen LogP contribution >= 0.6 is 0 Å².